The number of aromatic nitrogens is 1. The average molecular weight is 378 g/mol. The standard InChI is InChI=1S/C22H23N3OS/c1-2-18-9-6-10-19-21(18)23-22(27-19)25-15-13-24(14-16-25)20(26)12-11-17-7-4-3-5-8-17/h3-12H,2,13-16H2,1H3/b12-11+. The highest BCUT2D eigenvalue weighted by atomic mass is 32.1. The van der Waals surface area contributed by atoms with Gasteiger partial charge in [0, 0.05) is 32.3 Å². The van der Waals surface area contributed by atoms with Gasteiger partial charge >= 0.3 is 0 Å². The van der Waals surface area contributed by atoms with Crippen LogP contribution in [0.2, 0.25) is 0 Å². The lowest BCUT2D eigenvalue weighted by atomic mass is 10.1. The molecule has 0 N–H and O–H groups in total. The molecule has 0 atom stereocenters. The molecule has 27 heavy (non-hydrogen) atoms. The fourth-order valence-corrected chi connectivity index (χ4v) is 4.43. The minimum Gasteiger partial charge on any atom is -0.345 e. The number of anilines is 1. The Morgan fingerprint density at radius 1 is 1.07 bits per heavy atom. The predicted molar refractivity (Wildman–Crippen MR) is 113 cm³/mol. The van der Waals surface area contributed by atoms with Crippen LogP contribution in [0.4, 0.5) is 5.13 Å². The van der Waals surface area contributed by atoms with E-state index in [4.69, 9.17) is 4.98 Å². The lowest BCUT2D eigenvalue weighted by Crippen LogP contribution is -2.48. The molecule has 0 spiro atoms. The molecule has 1 fully saturated rings. The van der Waals surface area contributed by atoms with Gasteiger partial charge in [0.05, 0.1) is 10.2 Å². The van der Waals surface area contributed by atoms with Crippen LogP contribution in [-0.2, 0) is 11.2 Å². The van der Waals surface area contributed by atoms with Gasteiger partial charge < -0.3 is 9.80 Å². The van der Waals surface area contributed by atoms with Crippen LogP contribution in [0, 0.1) is 0 Å². The maximum atomic E-state index is 12.4. The summed E-state index contributed by atoms with van der Waals surface area (Å²) in [7, 11) is 0. The molecule has 1 saturated heterocycles. The molecule has 4 rings (SSSR count). The highest BCUT2D eigenvalue weighted by molar-refractivity contribution is 7.22. The molecular weight excluding hydrogens is 354 g/mol. The Morgan fingerprint density at radius 2 is 1.85 bits per heavy atom. The summed E-state index contributed by atoms with van der Waals surface area (Å²) in [5.41, 5.74) is 3.48. The van der Waals surface area contributed by atoms with Gasteiger partial charge in [-0.15, -0.1) is 0 Å². The fourth-order valence-electron chi connectivity index (χ4n) is 3.37. The van der Waals surface area contributed by atoms with Crippen molar-refractivity contribution in [3.63, 3.8) is 0 Å². The molecule has 3 aromatic rings. The number of thiazole rings is 1. The second-order valence-electron chi connectivity index (χ2n) is 6.67. The van der Waals surface area contributed by atoms with Gasteiger partial charge in [0.15, 0.2) is 5.13 Å². The minimum absolute atomic E-state index is 0.0797. The molecule has 5 heteroatoms. The van der Waals surface area contributed by atoms with Crippen LogP contribution in [0.5, 0.6) is 0 Å². The van der Waals surface area contributed by atoms with Crippen molar-refractivity contribution in [1.82, 2.24) is 9.88 Å². The third kappa shape index (κ3) is 3.88. The molecule has 0 aliphatic carbocycles. The van der Waals surface area contributed by atoms with E-state index in [1.54, 1.807) is 17.4 Å². The first-order chi connectivity index (χ1) is 13.2. The van der Waals surface area contributed by atoms with Crippen molar-refractivity contribution in [1.29, 1.82) is 0 Å². The Hall–Kier alpha value is -2.66. The third-order valence-corrected chi connectivity index (χ3v) is 6.03. The molecule has 1 aliphatic rings. The third-order valence-electron chi connectivity index (χ3n) is 4.95. The SMILES string of the molecule is CCc1cccc2sc(N3CCN(C(=O)/C=C/c4ccccc4)CC3)nc12. The zero-order chi connectivity index (χ0) is 18.6. The number of carbonyl (C=O) groups excluding carboxylic acids is 1. The summed E-state index contributed by atoms with van der Waals surface area (Å²) in [5.74, 6) is 0.0797. The summed E-state index contributed by atoms with van der Waals surface area (Å²) in [5, 5.41) is 1.07. The Morgan fingerprint density at radius 3 is 2.59 bits per heavy atom. The van der Waals surface area contributed by atoms with Crippen LogP contribution in [0.15, 0.2) is 54.6 Å². The second-order valence-corrected chi connectivity index (χ2v) is 7.68. The molecule has 0 bridgehead atoms. The highest BCUT2D eigenvalue weighted by Gasteiger charge is 2.22. The topological polar surface area (TPSA) is 36.4 Å². The van der Waals surface area contributed by atoms with Gasteiger partial charge in [0.1, 0.15) is 0 Å². The molecule has 138 valence electrons. The van der Waals surface area contributed by atoms with E-state index in [0.717, 1.165) is 48.8 Å². The van der Waals surface area contributed by atoms with Crippen molar-refractivity contribution >= 4 is 38.7 Å². The van der Waals surface area contributed by atoms with Gasteiger partial charge in [-0.25, -0.2) is 4.98 Å². The summed E-state index contributed by atoms with van der Waals surface area (Å²) in [6.07, 6.45) is 4.56. The van der Waals surface area contributed by atoms with Crippen molar-refractivity contribution in [2.75, 3.05) is 31.1 Å². The van der Waals surface area contributed by atoms with Gasteiger partial charge in [0.25, 0.3) is 0 Å². The van der Waals surface area contributed by atoms with E-state index < -0.39 is 0 Å². The number of hydrogen-bond acceptors (Lipinski definition) is 4. The molecular formula is C22H23N3OS. The number of piperazine rings is 1. The Bertz CT molecular complexity index is 956. The van der Waals surface area contributed by atoms with Gasteiger partial charge in [-0.05, 0) is 29.7 Å². The Balaban J connectivity index is 1.40. The Kier molecular flexibility index (Phi) is 5.21. The molecule has 1 aliphatic heterocycles. The zero-order valence-corrected chi connectivity index (χ0v) is 16.3. The molecule has 1 aromatic heterocycles. The van der Waals surface area contributed by atoms with E-state index in [2.05, 4.69) is 30.0 Å². The van der Waals surface area contributed by atoms with E-state index in [9.17, 15) is 4.79 Å². The number of carbonyl (C=O) groups is 1. The van der Waals surface area contributed by atoms with E-state index in [1.807, 2.05) is 41.3 Å². The molecule has 1 amide bonds. The lowest BCUT2D eigenvalue weighted by Gasteiger charge is -2.34. The lowest BCUT2D eigenvalue weighted by molar-refractivity contribution is -0.126. The van der Waals surface area contributed by atoms with Crippen molar-refractivity contribution < 1.29 is 4.79 Å². The van der Waals surface area contributed by atoms with Gasteiger partial charge in [-0.2, -0.15) is 0 Å². The summed E-state index contributed by atoms with van der Waals surface area (Å²) in [6, 6.07) is 16.3. The Labute approximate surface area is 163 Å². The van der Waals surface area contributed by atoms with Crippen molar-refractivity contribution in [2.45, 2.75) is 13.3 Å². The molecule has 0 saturated carbocycles. The van der Waals surface area contributed by atoms with Crippen LogP contribution in [0.3, 0.4) is 0 Å². The van der Waals surface area contributed by atoms with Crippen molar-refractivity contribution in [3.8, 4) is 0 Å². The maximum absolute atomic E-state index is 12.4. The number of fused-ring (bicyclic) bond motifs is 1. The summed E-state index contributed by atoms with van der Waals surface area (Å²) in [4.78, 5) is 21.5. The van der Waals surface area contributed by atoms with Crippen LogP contribution < -0.4 is 4.90 Å². The number of benzene rings is 2. The monoisotopic (exact) mass is 377 g/mol. The number of amides is 1. The molecule has 2 aromatic carbocycles. The fraction of sp³-hybridized carbons (Fsp3) is 0.273. The average Bonchev–Trinajstić information content (AvgIpc) is 3.17. The second kappa shape index (κ2) is 7.92. The highest BCUT2D eigenvalue weighted by Crippen LogP contribution is 2.31. The van der Waals surface area contributed by atoms with Gasteiger partial charge in [-0.3, -0.25) is 4.79 Å². The van der Waals surface area contributed by atoms with E-state index in [1.165, 1.54) is 10.3 Å². The van der Waals surface area contributed by atoms with Crippen LogP contribution >= 0.6 is 11.3 Å². The number of rotatable bonds is 4. The quantitative estimate of drug-likeness (QED) is 0.639. The summed E-state index contributed by atoms with van der Waals surface area (Å²) < 4.78 is 1.24. The number of hydrogen-bond donors (Lipinski definition) is 0. The normalized spacial score (nSPS) is 15.0. The van der Waals surface area contributed by atoms with Gasteiger partial charge in [0.2, 0.25) is 5.91 Å². The number of aryl methyl sites for hydroxylation is 1. The first-order valence-corrected chi connectivity index (χ1v) is 10.2. The molecule has 0 radical (unpaired) electrons. The summed E-state index contributed by atoms with van der Waals surface area (Å²) >= 11 is 1.75. The van der Waals surface area contributed by atoms with Crippen molar-refractivity contribution in [2.24, 2.45) is 0 Å². The molecule has 4 nitrogen and oxygen atoms in total. The number of para-hydroxylation sites is 1. The van der Waals surface area contributed by atoms with Crippen molar-refractivity contribution in [3.05, 3.63) is 65.7 Å². The van der Waals surface area contributed by atoms with E-state index >= 15 is 0 Å². The molecule has 0 unspecified atom stereocenters. The first kappa shape index (κ1) is 17.7. The van der Waals surface area contributed by atoms with Crippen LogP contribution in [-0.4, -0.2) is 42.0 Å². The first-order valence-electron chi connectivity index (χ1n) is 9.40. The van der Waals surface area contributed by atoms with E-state index in [-0.39, 0.29) is 5.91 Å². The van der Waals surface area contributed by atoms with Gasteiger partial charge in [-0.1, -0.05) is 60.7 Å². The predicted octanol–water partition coefficient (Wildman–Crippen LogP) is 4.22. The van der Waals surface area contributed by atoms with E-state index in [0.29, 0.717) is 0 Å². The largest absolute Gasteiger partial charge is 0.345 e. The number of nitrogens with zero attached hydrogens (tertiary/aromatic N) is 3. The van der Waals surface area contributed by atoms with Crippen LogP contribution in [0.1, 0.15) is 18.1 Å². The van der Waals surface area contributed by atoms with Crippen LogP contribution in [0.25, 0.3) is 16.3 Å². The summed E-state index contributed by atoms with van der Waals surface area (Å²) in [6.45, 7) is 5.28. The maximum Gasteiger partial charge on any atom is 0.246 e. The molecule has 2 heterocycles. The zero-order valence-electron chi connectivity index (χ0n) is 15.5. The smallest absolute Gasteiger partial charge is 0.246 e. The minimum atomic E-state index is 0.0797.